The van der Waals surface area contributed by atoms with E-state index >= 15 is 0 Å². The molecule has 15 heavy (non-hydrogen) atoms. The Morgan fingerprint density at radius 3 is 2.93 bits per heavy atom. The normalized spacial score (nSPS) is 31.8. The van der Waals surface area contributed by atoms with Crippen LogP contribution in [0.5, 0.6) is 0 Å². The Morgan fingerprint density at radius 1 is 1.53 bits per heavy atom. The largest absolute Gasteiger partial charge is 0.330 e. The summed E-state index contributed by atoms with van der Waals surface area (Å²) >= 11 is 0. The van der Waals surface area contributed by atoms with Gasteiger partial charge in [-0.05, 0) is 44.2 Å². The van der Waals surface area contributed by atoms with Gasteiger partial charge in [-0.1, -0.05) is 13.3 Å². The summed E-state index contributed by atoms with van der Waals surface area (Å²) < 4.78 is 2.13. The summed E-state index contributed by atoms with van der Waals surface area (Å²) in [6, 6.07) is 2.60. The zero-order valence-corrected chi connectivity index (χ0v) is 9.69. The van der Waals surface area contributed by atoms with Crippen molar-refractivity contribution in [2.75, 3.05) is 6.54 Å². The summed E-state index contributed by atoms with van der Waals surface area (Å²) in [7, 11) is 0. The maximum Gasteiger partial charge on any atom is 0.0593 e. The fraction of sp³-hybridized carbons (Fsp3) is 0.750. The molecule has 1 saturated carbocycles. The molecule has 0 aliphatic heterocycles. The van der Waals surface area contributed by atoms with Crippen molar-refractivity contribution in [1.82, 2.24) is 9.78 Å². The second kappa shape index (κ2) is 4.35. The van der Waals surface area contributed by atoms with Gasteiger partial charge in [0.05, 0.1) is 11.7 Å². The highest BCUT2D eigenvalue weighted by Gasteiger charge is 2.29. The first kappa shape index (κ1) is 10.7. The molecule has 2 rings (SSSR count). The van der Waals surface area contributed by atoms with Crippen molar-refractivity contribution >= 4 is 0 Å². The smallest absolute Gasteiger partial charge is 0.0593 e. The van der Waals surface area contributed by atoms with Gasteiger partial charge in [-0.25, -0.2) is 0 Å². The molecule has 0 bridgehead atoms. The van der Waals surface area contributed by atoms with Crippen LogP contribution in [-0.4, -0.2) is 16.3 Å². The number of nitrogens with two attached hydrogens (primary N) is 1. The van der Waals surface area contributed by atoms with Crippen molar-refractivity contribution in [2.45, 2.75) is 39.2 Å². The van der Waals surface area contributed by atoms with E-state index in [9.17, 15) is 0 Å². The molecule has 3 atom stereocenters. The summed E-state index contributed by atoms with van der Waals surface area (Å²) in [6.07, 6.45) is 5.89. The summed E-state index contributed by atoms with van der Waals surface area (Å²) in [5.74, 6) is 1.42. The highest BCUT2D eigenvalue weighted by Crippen LogP contribution is 2.36. The van der Waals surface area contributed by atoms with E-state index in [1.807, 2.05) is 6.92 Å². The van der Waals surface area contributed by atoms with E-state index in [1.165, 1.54) is 19.3 Å². The van der Waals surface area contributed by atoms with Gasteiger partial charge < -0.3 is 5.73 Å². The van der Waals surface area contributed by atoms with Crippen molar-refractivity contribution in [1.29, 1.82) is 0 Å². The highest BCUT2D eigenvalue weighted by atomic mass is 15.3. The number of rotatable bonds is 2. The fourth-order valence-electron chi connectivity index (χ4n) is 2.63. The van der Waals surface area contributed by atoms with Gasteiger partial charge in [0.15, 0.2) is 0 Å². The fourth-order valence-corrected chi connectivity index (χ4v) is 2.63. The lowest BCUT2D eigenvalue weighted by Crippen LogP contribution is -2.32. The standard InChI is InChI=1S/C12H21N3/c1-9-3-4-11(8-13)12(7-9)15-6-5-10(2)14-15/h5-6,9,11-12H,3-4,7-8,13H2,1-2H3. The van der Waals surface area contributed by atoms with Gasteiger partial charge in [-0.15, -0.1) is 0 Å². The third kappa shape index (κ3) is 2.23. The maximum atomic E-state index is 5.84. The minimum Gasteiger partial charge on any atom is -0.330 e. The van der Waals surface area contributed by atoms with Crippen LogP contribution in [0.2, 0.25) is 0 Å². The average Bonchev–Trinajstić information content (AvgIpc) is 2.65. The van der Waals surface area contributed by atoms with Gasteiger partial charge in [0.2, 0.25) is 0 Å². The summed E-state index contributed by atoms with van der Waals surface area (Å²) in [4.78, 5) is 0. The predicted molar refractivity (Wildman–Crippen MR) is 61.6 cm³/mol. The first-order valence-electron chi connectivity index (χ1n) is 5.92. The van der Waals surface area contributed by atoms with Gasteiger partial charge in [0.25, 0.3) is 0 Å². The van der Waals surface area contributed by atoms with Crippen LogP contribution < -0.4 is 5.73 Å². The second-order valence-corrected chi connectivity index (χ2v) is 4.92. The summed E-state index contributed by atoms with van der Waals surface area (Å²) in [6.45, 7) is 5.16. The van der Waals surface area contributed by atoms with Gasteiger partial charge in [0.1, 0.15) is 0 Å². The lowest BCUT2D eigenvalue weighted by atomic mass is 9.79. The van der Waals surface area contributed by atoms with Crippen LogP contribution >= 0.6 is 0 Å². The molecule has 1 fully saturated rings. The van der Waals surface area contributed by atoms with E-state index in [2.05, 4.69) is 29.0 Å². The molecule has 3 nitrogen and oxygen atoms in total. The molecule has 84 valence electrons. The average molecular weight is 207 g/mol. The Bertz CT molecular complexity index is 318. The van der Waals surface area contributed by atoms with Crippen molar-refractivity contribution in [3.8, 4) is 0 Å². The predicted octanol–water partition coefficient (Wildman–Crippen LogP) is 2.13. The molecule has 1 aliphatic rings. The van der Waals surface area contributed by atoms with Gasteiger partial charge in [-0.3, -0.25) is 4.68 Å². The van der Waals surface area contributed by atoms with Crippen LogP contribution in [-0.2, 0) is 0 Å². The van der Waals surface area contributed by atoms with Crippen molar-refractivity contribution in [3.05, 3.63) is 18.0 Å². The van der Waals surface area contributed by atoms with Gasteiger partial charge in [0, 0.05) is 6.20 Å². The van der Waals surface area contributed by atoms with Crippen molar-refractivity contribution in [3.63, 3.8) is 0 Å². The lowest BCUT2D eigenvalue weighted by molar-refractivity contribution is 0.185. The van der Waals surface area contributed by atoms with Gasteiger partial charge in [-0.2, -0.15) is 5.10 Å². The number of aryl methyl sites for hydroxylation is 1. The molecule has 1 aromatic rings. The Balaban J connectivity index is 2.16. The molecule has 0 spiro atoms. The lowest BCUT2D eigenvalue weighted by Gasteiger charge is -2.34. The number of nitrogens with zero attached hydrogens (tertiary/aromatic N) is 2. The molecule has 0 radical (unpaired) electrons. The first-order valence-corrected chi connectivity index (χ1v) is 5.92. The monoisotopic (exact) mass is 207 g/mol. The quantitative estimate of drug-likeness (QED) is 0.807. The Hall–Kier alpha value is -0.830. The topological polar surface area (TPSA) is 43.8 Å². The Morgan fingerprint density at radius 2 is 2.33 bits per heavy atom. The zero-order valence-electron chi connectivity index (χ0n) is 9.69. The molecular formula is C12H21N3. The molecule has 1 heterocycles. The van der Waals surface area contributed by atoms with Crippen LogP contribution in [0.25, 0.3) is 0 Å². The molecule has 0 saturated heterocycles. The first-order chi connectivity index (χ1) is 7.20. The zero-order chi connectivity index (χ0) is 10.8. The second-order valence-electron chi connectivity index (χ2n) is 4.92. The molecule has 1 aliphatic carbocycles. The minimum atomic E-state index is 0.521. The van der Waals surface area contributed by atoms with Crippen LogP contribution in [0.1, 0.15) is 37.9 Å². The van der Waals surface area contributed by atoms with E-state index in [-0.39, 0.29) is 0 Å². The summed E-state index contributed by atoms with van der Waals surface area (Å²) in [5.41, 5.74) is 6.94. The molecular weight excluding hydrogens is 186 g/mol. The third-order valence-electron chi connectivity index (χ3n) is 3.60. The van der Waals surface area contributed by atoms with Crippen molar-refractivity contribution in [2.24, 2.45) is 17.6 Å². The van der Waals surface area contributed by atoms with E-state index in [4.69, 9.17) is 5.73 Å². The van der Waals surface area contributed by atoms with Gasteiger partial charge >= 0.3 is 0 Å². The molecule has 3 heteroatoms. The number of hydrogen-bond donors (Lipinski definition) is 1. The van der Waals surface area contributed by atoms with E-state index in [0.717, 1.165) is 18.2 Å². The third-order valence-corrected chi connectivity index (χ3v) is 3.60. The highest BCUT2D eigenvalue weighted by molar-refractivity contribution is 4.97. The molecule has 0 amide bonds. The summed E-state index contributed by atoms with van der Waals surface area (Å²) in [5, 5.41) is 4.53. The number of hydrogen-bond acceptors (Lipinski definition) is 2. The molecule has 3 unspecified atom stereocenters. The Labute approximate surface area is 91.7 Å². The van der Waals surface area contributed by atoms with E-state index in [1.54, 1.807) is 0 Å². The van der Waals surface area contributed by atoms with Crippen molar-refractivity contribution < 1.29 is 0 Å². The molecule has 2 N–H and O–H groups in total. The van der Waals surface area contributed by atoms with E-state index in [0.29, 0.717) is 12.0 Å². The SMILES string of the molecule is Cc1ccn(C2CC(C)CCC2CN)n1. The van der Waals surface area contributed by atoms with Crippen LogP contribution in [0, 0.1) is 18.8 Å². The van der Waals surface area contributed by atoms with Crippen LogP contribution in [0.15, 0.2) is 12.3 Å². The molecule has 1 aromatic heterocycles. The maximum absolute atomic E-state index is 5.84. The Kier molecular flexibility index (Phi) is 3.10. The van der Waals surface area contributed by atoms with Crippen LogP contribution in [0.3, 0.4) is 0 Å². The minimum absolute atomic E-state index is 0.521. The number of aromatic nitrogens is 2. The van der Waals surface area contributed by atoms with E-state index < -0.39 is 0 Å². The van der Waals surface area contributed by atoms with Crippen LogP contribution in [0.4, 0.5) is 0 Å². The molecule has 0 aromatic carbocycles.